The van der Waals surface area contributed by atoms with Gasteiger partial charge in [-0.3, -0.25) is 0 Å². The summed E-state index contributed by atoms with van der Waals surface area (Å²) in [6, 6.07) is 11.1. The zero-order chi connectivity index (χ0) is 14.5. The summed E-state index contributed by atoms with van der Waals surface area (Å²) >= 11 is 0. The molecule has 0 aliphatic carbocycles. The molecule has 2 aromatic rings. The quantitative estimate of drug-likeness (QED) is 0.879. The van der Waals surface area contributed by atoms with Crippen molar-refractivity contribution in [1.29, 1.82) is 0 Å². The first-order valence-electron chi connectivity index (χ1n) is 7.14. The van der Waals surface area contributed by atoms with Gasteiger partial charge in [-0.2, -0.15) is 0 Å². The normalized spacial score (nSPS) is 13.1. The van der Waals surface area contributed by atoms with Crippen molar-refractivity contribution in [2.45, 2.75) is 46.3 Å². The zero-order valence-corrected chi connectivity index (χ0v) is 12.6. The Hall–Kier alpha value is -1.75. The van der Waals surface area contributed by atoms with Crippen LogP contribution >= 0.6 is 0 Å². The third-order valence-electron chi connectivity index (χ3n) is 3.36. The van der Waals surface area contributed by atoms with Gasteiger partial charge in [0, 0.05) is 6.04 Å². The Morgan fingerprint density at radius 1 is 1.10 bits per heavy atom. The molecular formula is C15H23N5. The third kappa shape index (κ3) is 3.42. The van der Waals surface area contributed by atoms with Gasteiger partial charge in [0.15, 0.2) is 5.82 Å². The second kappa shape index (κ2) is 6.61. The summed E-state index contributed by atoms with van der Waals surface area (Å²) < 4.78 is 1.86. The molecule has 5 nitrogen and oxygen atoms in total. The molecule has 1 N–H and O–H groups in total. The van der Waals surface area contributed by atoms with Gasteiger partial charge >= 0.3 is 0 Å². The molecule has 0 spiro atoms. The standard InChI is InChI=1S/C15H23N5/c1-11(2)15(13-8-6-5-7-9-13)16-10-14-17-18-19-20(14)12(3)4/h5-9,11-12,15-16H,10H2,1-4H3/t15-/m0/s1. The fourth-order valence-corrected chi connectivity index (χ4v) is 2.33. The minimum absolute atomic E-state index is 0.274. The van der Waals surface area contributed by atoms with Crippen molar-refractivity contribution in [1.82, 2.24) is 25.5 Å². The molecule has 1 aromatic carbocycles. The lowest BCUT2D eigenvalue weighted by Gasteiger charge is -2.23. The highest BCUT2D eigenvalue weighted by Gasteiger charge is 2.17. The number of benzene rings is 1. The molecule has 5 heteroatoms. The van der Waals surface area contributed by atoms with Crippen molar-refractivity contribution < 1.29 is 0 Å². The summed E-state index contributed by atoms with van der Waals surface area (Å²) in [5.74, 6) is 1.38. The largest absolute Gasteiger partial charge is 0.303 e. The predicted molar refractivity (Wildman–Crippen MR) is 79.1 cm³/mol. The molecule has 0 saturated heterocycles. The number of hydrogen-bond donors (Lipinski definition) is 1. The van der Waals surface area contributed by atoms with E-state index in [1.807, 2.05) is 10.7 Å². The van der Waals surface area contributed by atoms with Crippen LogP contribution in [0.2, 0.25) is 0 Å². The van der Waals surface area contributed by atoms with E-state index in [0.29, 0.717) is 18.5 Å². The maximum absolute atomic E-state index is 4.10. The molecule has 20 heavy (non-hydrogen) atoms. The van der Waals surface area contributed by atoms with Gasteiger partial charge < -0.3 is 5.32 Å². The number of nitrogens with one attached hydrogen (secondary N) is 1. The molecule has 1 atom stereocenters. The van der Waals surface area contributed by atoms with Crippen LogP contribution in [0.4, 0.5) is 0 Å². The van der Waals surface area contributed by atoms with E-state index in [0.717, 1.165) is 5.82 Å². The van der Waals surface area contributed by atoms with Crippen molar-refractivity contribution >= 4 is 0 Å². The topological polar surface area (TPSA) is 55.6 Å². The zero-order valence-electron chi connectivity index (χ0n) is 12.6. The lowest BCUT2D eigenvalue weighted by atomic mass is 9.96. The molecule has 0 saturated carbocycles. The van der Waals surface area contributed by atoms with Crippen LogP contribution in [0, 0.1) is 5.92 Å². The summed E-state index contributed by atoms with van der Waals surface area (Å²) in [5, 5.41) is 15.5. The second-order valence-electron chi connectivity index (χ2n) is 5.65. The summed E-state index contributed by atoms with van der Waals surface area (Å²) in [7, 11) is 0. The van der Waals surface area contributed by atoms with Gasteiger partial charge in [-0.05, 0) is 35.8 Å². The Morgan fingerprint density at radius 2 is 1.80 bits per heavy atom. The van der Waals surface area contributed by atoms with Gasteiger partial charge in [0.25, 0.3) is 0 Å². The van der Waals surface area contributed by atoms with Gasteiger partial charge in [0.2, 0.25) is 0 Å². The van der Waals surface area contributed by atoms with Crippen LogP contribution in [0.3, 0.4) is 0 Å². The van der Waals surface area contributed by atoms with Crippen LogP contribution in [0.1, 0.15) is 51.2 Å². The van der Waals surface area contributed by atoms with Crippen LogP contribution in [-0.2, 0) is 6.54 Å². The average molecular weight is 273 g/mol. The van der Waals surface area contributed by atoms with Gasteiger partial charge in [-0.15, -0.1) is 5.10 Å². The Kier molecular flexibility index (Phi) is 4.84. The van der Waals surface area contributed by atoms with E-state index in [1.165, 1.54) is 5.56 Å². The smallest absolute Gasteiger partial charge is 0.165 e. The molecule has 0 fully saturated rings. The number of aromatic nitrogens is 4. The first-order valence-corrected chi connectivity index (χ1v) is 7.14. The molecule has 1 heterocycles. The lowest BCUT2D eigenvalue weighted by Crippen LogP contribution is -2.27. The minimum Gasteiger partial charge on any atom is -0.303 e. The highest BCUT2D eigenvalue weighted by Crippen LogP contribution is 2.21. The average Bonchev–Trinajstić information content (AvgIpc) is 2.88. The Labute approximate surface area is 120 Å². The van der Waals surface area contributed by atoms with Crippen LogP contribution in [0.25, 0.3) is 0 Å². The SMILES string of the molecule is CC(C)[C@H](NCc1nnnn1C(C)C)c1ccccc1. The molecule has 0 aliphatic rings. The maximum atomic E-state index is 4.10. The maximum Gasteiger partial charge on any atom is 0.165 e. The van der Waals surface area contributed by atoms with E-state index < -0.39 is 0 Å². The van der Waals surface area contributed by atoms with Crippen molar-refractivity contribution in [2.75, 3.05) is 0 Å². The van der Waals surface area contributed by atoms with Crippen LogP contribution in [-0.4, -0.2) is 20.2 Å². The summed E-state index contributed by atoms with van der Waals surface area (Å²) in [6.45, 7) is 9.27. The Balaban J connectivity index is 2.08. The van der Waals surface area contributed by atoms with Gasteiger partial charge in [0.1, 0.15) is 0 Å². The van der Waals surface area contributed by atoms with Crippen molar-refractivity contribution in [3.8, 4) is 0 Å². The number of nitrogens with zero attached hydrogens (tertiary/aromatic N) is 4. The van der Waals surface area contributed by atoms with E-state index in [4.69, 9.17) is 0 Å². The highest BCUT2D eigenvalue weighted by molar-refractivity contribution is 5.19. The van der Waals surface area contributed by atoms with Gasteiger partial charge in [-0.1, -0.05) is 44.2 Å². The first kappa shape index (κ1) is 14.7. The van der Waals surface area contributed by atoms with Crippen molar-refractivity contribution in [3.05, 3.63) is 41.7 Å². The van der Waals surface area contributed by atoms with Gasteiger partial charge in [-0.25, -0.2) is 4.68 Å². The summed E-state index contributed by atoms with van der Waals surface area (Å²) in [5.41, 5.74) is 1.30. The number of rotatable bonds is 6. The molecule has 0 aliphatic heterocycles. The molecule has 2 rings (SSSR count). The molecule has 0 amide bonds. The van der Waals surface area contributed by atoms with E-state index >= 15 is 0 Å². The molecule has 0 radical (unpaired) electrons. The monoisotopic (exact) mass is 273 g/mol. The lowest BCUT2D eigenvalue weighted by molar-refractivity contribution is 0.393. The second-order valence-corrected chi connectivity index (χ2v) is 5.65. The Morgan fingerprint density at radius 3 is 2.40 bits per heavy atom. The fourth-order valence-electron chi connectivity index (χ4n) is 2.33. The van der Waals surface area contributed by atoms with Crippen molar-refractivity contribution in [3.63, 3.8) is 0 Å². The molecule has 0 unspecified atom stereocenters. The highest BCUT2D eigenvalue weighted by atomic mass is 15.5. The van der Waals surface area contributed by atoms with E-state index in [2.05, 4.69) is 72.8 Å². The summed E-state index contributed by atoms with van der Waals surface area (Å²) in [6.07, 6.45) is 0. The minimum atomic E-state index is 0.274. The molecule has 0 bridgehead atoms. The van der Waals surface area contributed by atoms with E-state index in [9.17, 15) is 0 Å². The number of tetrazole rings is 1. The fraction of sp³-hybridized carbons (Fsp3) is 0.533. The number of hydrogen-bond acceptors (Lipinski definition) is 4. The van der Waals surface area contributed by atoms with Crippen LogP contribution in [0.5, 0.6) is 0 Å². The predicted octanol–water partition coefficient (Wildman–Crippen LogP) is 2.74. The van der Waals surface area contributed by atoms with Crippen LogP contribution < -0.4 is 5.32 Å². The molecule has 108 valence electrons. The van der Waals surface area contributed by atoms with Crippen LogP contribution in [0.15, 0.2) is 30.3 Å². The van der Waals surface area contributed by atoms with Gasteiger partial charge in [0.05, 0.1) is 12.6 Å². The third-order valence-corrected chi connectivity index (χ3v) is 3.36. The first-order chi connectivity index (χ1) is 9.59. The van der Waals surface area contributed by atoms with E-state index in [1.54, 1.807) is 0 Å². The van der Waals surface area contributed by atoms with E-state index in [-0.39, 0.29) is 6.04 Å². The van der Waals surface area contributed by atoms with Crippen molar-refractivity contribution in [2.24, 2.45) is 5.92 Å². The molecule has 1 aromatic heterocycles. The molecular weight excluding hydrogens is 250 g/mol. The Bertz CT molecular complexity index is 518. The summed E-state index contributed by atoms with van der Waals surface area (Å²) in [4.78, 5) is 0.